The van der Waals surface area contributed by atoms with Crippen LogP contribution in [0.4, 0.5) is 0 Å². The first kappa shape index (κ1) is 15.5. The predicted molar refractivity (Wildman–Crippen MR) is 103 cm³/mol. The van der Waals surface area contributed by atoms with E-state index in [1.165, 1.54) is 10.4 Å². The molecule has 26 heavy (non-hydrogen) atoms. The molecule has 0 bridgehead atoms. The molecule has 0 saturated heterocycles. The molecule has 5 rings (SSSR count). The summed E-state index contributed by atoms with van der Waals surface area (Å²) >= 11 is 1.69. The van der Waals surface area contributed by atoms with Crippen LogP contribution in [0.3, 0.4) is 0 Å². The molecule has 2 aromatic carbocycles. The van der Waals surface area contributed by atoms with Crippen LogP contribution < -0.4 is 4.74 Å². The lowest BCUT2D eigenvalue weighted by Crippen LogP contribution is -2.33. The molecule has 3 heterocycles. The molecule has 0 amide bonds. The third-order valence-corrected chi connectivity index (χ3v) is 6.09. The molecule has 5 heteroatoms. The topological polar surface area (TPSA) is 45.1 Å². The Morgan fingerprint density at radius 3 is 2.73 bits per heavy atom. The highest BCUT2D eigenvalue weighted by atomic mass is 32.1. The molecule has 1 aromatic heterocycles. The number of nitrogens with zero attached hydrogens (tertiary/aromatic N) is 2. The molecule has 3 aromatic rings. The van der Waals surface area contributed by atoms with Crippen molar-refractivity contribution in [2.45, 2.75) is 25.6 Å². The molecule has 0 saturated carbocycles. The summed E-state index contributed by atoms with van der Waals surface area (Å²) in [5.74, 6) is 1.18. The summed E-state index contributed by atoms with van der Waals surface area (Å²) < 4.78 is 6.35. The Bertz CT molecular complexity index is 1010. The number of hydrogen-bond donors (Lipinski definition) is 1. The minimum absolute atomic E-state index is 0.112. The van der Waals surface area contributed by atoms with Crippen LogP contribution in [0.2, 0.25) is 0 Å². The van der Waals surface area contributed by atoms with Crippen LogP contribution in [0.5, 0.6) is 11.5 Å². The maximum atomic E-state index is 10.3. The van der Waals surface area contributed by atoms with Crippen LogP contribution in [0.25, 0.3) is 0 Å². The van der Waals surface area contributed by atoms with Crippen LogP contribution in [0, 0.1) is 6.92 Å². The summed E-state index contributed by atoms with van der Waals surface area (Å²) in [6.07, 6.45) is 0.511. The van der Waals surface area contributed by atoms with E-state index in [4.69, 9.17) is 9.84 Å². The summed E-state index contributed by atoms with van der Waals surface area (Å²) in [4.78, 5) is 1.17. The smallest absolute Gasteiger partial charge is 0.223 e. The van der Waals surface area contributed by atoms with Crippen molar-refractivity contribution in [3.8, 4) is 11.5 Å². The first-order chi connectivity index (χ1) is 12.7. The molecule has 0 unspecified atom stereocenters. The standard InChI is InChI=1S/C21H18N2O2S/c1-13-10-11-26-20(13)21-23-17(15-7-3-5-9-19(15)25-21)12-16(22-23)14-6-2-4-8-18(14)24/h2-11,17,21,24H,12H2,1H3/t17-,21+/m0/s1. The molecule has 2 aliphatic heterocycles. The molecule has 0 aliphatic carbocycles. The number of aryl methyl sites for hydroxylation is 1. The lowest BCUT2D eigenvalue weighted by atomic mass is 9.96. The van der Waals surface area contributed by atoms with E-state index in [0.717, 1.165) is 29.0 Å². The predicted octanol–water partition coefficient (Wildman–Crippen LogP) is 5.00. The van der Waals surface area contributed by atoms with Gasteiger partial charge in [-0.05, 0) is 42.1 Å². The summed E-state index contributed by atoms with van der Waals surface area (Å²) in [6.45, 7) is 2.11. The summed E-state index contributed by atoms with van der Waals surface area (Å²) in [5, 5.41) is 19.3. The maximum Gasteiger partial charge on any atom is 0.223 e. The van der Waals surface area contributed by atoms with Gasteiger partial charge < -0.3 is 9.84 Å². The number of hydrazone groups is 1. The fraction of sp³-hybridized carbons (Fsp3) is 0.190. The molecular formula is C21H18N2O2S. The first-order valence-electron chi connectivity index (χ1n) is 8.66. The fourth-order valence-corrected chi connectivity index (χ4v) is 4.67. The molecule has 130 valence electrons. The normalized spacial score (nSPS) is 21.0. The molecule has 4 nitrogen and oxygen atoms in total. The van der Waals surface area contributed by atoms with Crippen molar-refractivity contribution < 1.29 is 9.84 Å². The average molecular weight is 362 g/mol. The second kappa shape index (κ2) is 5.88. The largest absolute Gasteiger partial charge is 0.507 e. The van der Waals surface area contributed by atoms with Gasteiger partial charge in [-0.2, -0.15) is 5.10 Å². The number of ether oxygens (including phenoxy) is 1. The van der Waals surface area contributed by atoms with Crippen LogP contribution >= 0.6 is 11.3 Å². The van der Waals surface area contributed by atoms with Crippen molar-refractivity contribution in [3.05, 3.63) is 81.5 Å². The van der Waals surface area contributed by atoms with E-state index >= 15 is 0 Å². The van der Waals surface area contributed by atoms with Crippen molar-refractivity contribution in [2.24, 2.45) is 5.10 Å². The summed E-state index contributed by atoms with van der Waals surface area (Å²) in [5.41, 5.74) is 4.05. The monoisotopic (exact) mass is 362 g/mol. The number of phenols is 1. The van der Waals surface area contributed by atoms with Crippen LogP contribution in [0.1, 0.15) is 40.3 Å². The minimum Gasteiger partial charge on any atom is -0.507 e. The molecule has 0 spiro atoms. The van der Waals surface area contributed by atoms with E-state index in [9.17, 15) is 5.11 Å². The van der Waals surface area contributed by atoms with Gasteiger partial charge in [-0.15, -0.1) is 11.3 Å². The zero-order valence-electron chi connectivity index (χ0n) is 14.3. The van der Waals surface area contributed by atoms with Crippen molar-refractivity contribution in [2.75, 3.05) is 0 Å². The third kappa shape index (κ3) is 2.31. The number of phenolic OH excluding ortho intramolecular Hbond substituents is 1. The van der Waals surface area contributed by atoms with Gasteiger partial charge in [0.2, 0.25) is 6.23 Å². The Morgan fingerprint density at radius 1 is 1.12 bits per heavy atom. The Hall–Kier alpha value is -2.79. The quantitative estimate of drug-likeness (QED) is 0.697. The van der Waals surface area contributed by atoms with Crippen LogP contribution in [-0.2, 0) is 0 Å². The lowest BCUT2D eigenvalue weighted by molar-refractivity contribution is -0.0169. The van der Waals surface area contributed by atoms with Gasteiger partial charge in [-0.3, -0.25) is 0 Å². The number of thiophene rings is 1. The number of fused-ring (bicyclic) bond motifs is 3. The molecular weight excluding hydrogens is 344 g/mol. The highest BCUT2D eigenvalue weighted by molar-refractivity contribution is 7.10. The second-order valence-electron chi connectivity index (χ2n) is 6.64. The van der Waals surface area contributed by atoms with Gasteiger partial charge in [0.25, 0.3) is 0 Å². The number of para-hydroxylation sites is 2. The number of hydrogen-bond acceptors (Lipinski definition) is 5. The molecule has 2 atom stereocenters. The molecule has 1 N–H and O–H groups in total. The fourth-order valence-electron chi connectivity index (χ4n) is 3.72. The number of benzene rings is 2. The maximum absolute atomic E-state index is 10.3. The van der Waals surface area contributed by atoms with Gasteiger partial charge in [-0.25, -0.2) is 5.01 Å². The highest BCUT2D eigenvalue weighted by Gasteiger charge is 2.42. The summed E-state index contributed by atoms with van der Waals surface area (Å²) in [7, 11) is 0. The zero-order valence-corrected chi connectivity index (χ0v) is 15.1. The zero-order chi connectivity index (χ0) is 17.7. The van der Waals surface area contributed by atoms with E-state index in [-0.39, 0.29) is 18.0 Å². The third-order valence-electron chi connectivity index (χ3n) is 5.04. The van der Waals surface area contributed by atoms with Gasteiger partial charge in [-0.1, -0.05) is 30.3 Å². The van der Waals surface area contributed by atoms with E-state index < -0.39 is 0 Å². The van der Waals surface area contributed by atoms with Gasteiger partial charge in [0, 0.05) is 17.5 Å². The van der Waals surface area contributed by atoms with Crippen molar-refractivity contribution >= 4 is 17.0 Å². The van der Waals surface area contributed by atoms with Gasteiger partial charge >= 0.3 is 0 Å². The van der Waals surface area contributed by atoms with Crippen LogP contribution in [-0.4, -0.2) is 15.8 Å². The lowest BCUT2D eigenvalue weighted by Gasteiger charge is -2.37. The van der Waals surface area contributed by atoms with Crippen LogP contribution in [0.15, 0.2) is 65.1 Å². The molecule has 0 radical (unpaired) electrons. The summed E-state index contributed by atoms with van der Waals surface area (Å²) in [6, 6.07) is 17.8. The van der Waals surface area contributed by atoms with E-state index in [0.29, 0.717) is 0 Å². The van der Waals surface area contributed by atoms with Crippen molar-refractivity contribution in [1.82, 2.24) is 5.01 Å². The van der Waals surface area contributed by atoms with E-state index in [2.05, 4.69) is 29.4 Å². The van der Waals surface area contributed by atoms with Gasteiger partial charge in [0.05, 0.1) is 16.6 Å². The minimum atomic E-state index is -0.238. The Labute approximate surface area is 156 Å². The SMILES string of the molecule is Cc1ccsc1[C@H]1Oc2ccccc2[C@@H]2CC(c3ccccc3O)=NN12. The van der Waals surface area contributed by atoms with E-state index in [1.807, 2.05) is 36.4 Å². The van der Waals surface area contributed by atoms with Crippen molar-refractivity contribution in [3.63, 3.8) is 0 Å². The highest BCUT2D eigenvalue weighted by Crippen LogP contribution is 2.49. The molecule has 0 fully saturated rings. The Balaban J connectivity index is 1.63. The van der Waals surface area contributed by atoms with Crippen molar-refractivity contribution in [1.29, 1.82) is 0 Å². The number of rotatable bonds is 2. The second-order valence-corrected chi connectivity index (χ2v) is 7.59. The van der Waals surface area contributed by atoms with Gasteiger partial charge in [0.1, 0.15) is 11.5 Å². The number of aromatic hydroxyl groups is 1. The van der Waals surface area contributed by atoms with Gasteiger partial charge in [0.15, 0.2) is 0 Å². The Morgan fingerprint density at radius 2 is 1.92 bits per heavy atom. The molecule has 2 aliphatic rings. The average Bonchev–Trinajstić information content (AvgIpc) is 3.28. The van der Waals surface area contributed by atoms with E-state index in [1.54, 1.807) is 17.4 Å². The Kier molecular flexibility index (Phi) is 3.50. The first-order valence-corrected chi connectivity index (χ1v) is 9.54.